The van der Waals surface area contributed by atoms with E-state index < -0.39 is 5.54 Å². The lowest BCUT2D eigenvalue weighted by Gasteiger charge is -2.27. The highest BCUT2D eigenvalue weighted by Crippen LogP contribution is 2.17. The number of carbonyl (C=O) groups excluding carboxylic acids is 1. The van der Waals surface area contributed by atoms with Crippen molar-refractivity contribution in [3.05, 3.63) is 0 Å². The predicted octanol–water partition coefficient (Wildman–Crippen LogP) is 1.28. The Morgan fingerprint density at radius 2 is 2.24 bits per heavy atom. The summed E-state index contributed by atoms with van der Waals surface area (Å²) in [6.45, 7) is 6.81. The van der Waals surface area contributed by atoms with Crippen LogP contribution in [0.2, 0.25) is 0 Å². The topological polar surface area (TPSA) is 58.6 Å². The van der Waals surface area contributed by atoms with Crippen LogP contribution in [0.4, 0.5) is 0 Å². The van der Waals surface area contributed by atoms with Gasteiger partial charge in [0.15, 0.2) is 0 Å². The Kier molecular flexibility index (Phi) is 8.64. The molecule has 5 heteroatoms. The number of ether oxygens (including phenoxy) is 1. The zero-order valence-corrected chi connectivity index (χ0v) is 12.1. The number of methoxy groups -OCH3 is 1. The highest BCUT2D eigenvalue weighted by molar-refractivity contribution is 7.99. The van der Waals surface area contributed by atoms with E-state index in [1.165, 1.54) is 7.11 Å². The second-order valence-electron chi connectivity index (χ2n) is 4.47. The van der Waals surface area contributed by atoms with Crippen LogP contribution >= 0.6 is 11.8 Å². The van der Waals surface area contributed by atoms with Crippen molar-refractivity contribution in [3.63, 3.8) is 0 Å². The smallest absolute Gasteiger partial charge is 0.325 e. The van der Waals surface area contributed by atoms with Gasteiger partial charge in [0.1, 0.15) is 5.54 Å². The maximum absolute atomic E-state index is 11.7. The van der Waals surface area contributed by atoms with E-state index in [2.05, 4.69) is 5.32 Å². The minimum absolute atomic E-state index is 0.213. The molecule has 0 spiro atoms. The lowest BCUT2D eigenvalue weighted by molar-refractivity contribution is -0.147. The number of hydrogen-bond donors (Lipinski definition) is 2. The van der Waals surface area contributed by atoms with Crippen molar-refractivity contribution in [2.75, 3.05) is 31.8 Å². The van der Waals surface area contributed by atoms with Crippen LogP contribution in [0.25, 0.3) is 0 Å². The second kappa shape index (κ2) is 8.78. The van der Waals surface area contributed by atoms with Crippen LogP contribution in [0.5, 0.6) is 0 Å². The highest BCUT2D eigenvalue weighted by Gasteiger charge is 2.32. The summed E-state index contributed by atoms with van der Waals surface area (Å²) in [6, 6.07) is 0. The van der Waals surface area contributed by atoms with Crippen LogP contribution in [0.15, 0.2) is 0 Å². The van der Waals surface area contributed by atoms with Crippen LogP contribution in [0.1, 0.15) is 27.2 Å². The molecule has 102 valence electrons. The number of hydrogen-bond acceptors (Lipinski definition) is 5. The van der Waals surface area contributed by atoms with Crippen molar-refractivity contribution in [2.45, 2.75) is 32.7 Å². The first kappa shape index (κ1) is 16.7. The molecule has 0 aromatic carbocycles. The molecule has 0 saturated heterocycles. The minimum atomic E-state index is -0.598. The highest BCUT2D eigenvalue weighted by atomic mass is 32.2. The molecule has 0 rings (SSSR count). The summed E-state index contributed by atoms with van der Waals surface area (Å²) in [5.74, 6) is 1.89. The first-order chi connectivity index (χ1) is 8.00. The van der Waals surface area contributed by atoms with Crippen molar-refractivity contribution in [3.8, 4) is 0 Å². The van der Waals surface area contributed by atoms with Gasteiger partial charge < -0.3 is 15.2 Å². The van der Waals surface area contributed by atoms with Crippen LogP contribution in [0, 0.1) is 5.92 Å². The van der Waals surface area contributed by atoms with Gasteiger partial charge in [0.2, 0.25) is 0 Å². The monoisotopic (exact) mass is 263 g/mol. The van der Waals surface area contributed by atoms with Gasteiger partial charge in [-0.2, -0.15) is 11.8 Å². The molecule has 0 bridgehead atoms. The fourth-order valence-electron chi connectivity index (χ4n) is 1.49. The van der Waals surface area contributed by atoms with Crippen molar-refractivity contribution in [1.82, 2.24) is 5.32 Å². The summed E-state index contributed by atoms with van der Waals surface area (Å²) in [7, 11) is 1.42. The number of nitrogens with one attached hydrogen (secondary N) is 1. The molecule has 2 N–H and O–H groups in total. The first-order valence-corrected chi connectivity index (χ1v) is 7.17. The standard InChI is InChI=1S/C12H25NO3S/c1-5-13-12(3,11(15)16-4)6-7-17-9-10(2)8-14/h10,13-14H,5-9H2,1-4H3. The molecule has 0 heterocycles. The van der Waals surface area contributed by atoms with Gasteiger partial charge in [0, 0.05) is 6.61 Å². The minimum Gasteiger partial charge on any atom is -0.468 e. The van der Waals surface area contributed by atoms with E-state index >= 15 is 0 Å². The first-order valence-electron chi connectivity index (χ1n) is 6.02. The number of rotatable bonds is 9. The molecule has 17 heavy (non-hydrogen) atoms. The number of aliphatic hydroxyl groups excluding tert-OH is 1. The van der Waals surface area contributed by atoms with Gasteiger partial charge in [-0.25, -0.2) is 0 Å². The van der Waals surface area contributed by atoms with Gasteiger partial charge in [-0.15, -0.1) is 0 Å². The Hall–Kier alpha value is -0.260. The number of thioether (sulfide) groups is 1. The van der Waals surface area contributed by atoms with Crippen molar-refractivity contribution in [1.29, 1.82) is 0 Å². The Bertz CT molecular complexity index is 226. The molecule has 0 aliphatic carbocycles. The number of esters is 1. The molecular weight excluding hydrogens is 238 g/mol. The lowest BCUT2D eigenvalue weighted by atomic mass is 9.99. The van der Waals surface area contributed by atoms with E-state index in [0.717, 1.165) is 24.5 Å². The maximum atomic E-state index is 11.7. The second-order valence-corrected chi connectivity index (χ2v) is 5.62. The third kappa shape index (κ3) is 6.29. The molecule has 4 nitrogen and oxygen atoms in total. The number of likely N-dealkylation sites (N-methyl/N-ethyl adjacent to an activating group) is 1. The van der Waals surface area contributed by atoms with Gasteiger partial charge in [-0.1, -0.05) is 13.8 Å². The van der Waals surface area contributed by atoms with Gasteiger partial charge in [0.25, 0.3) is 0 Å². The van der Waals surface area contributed by atoms with Crippen LogP contribution < -0.4 is 5.32 Å². The molecular formula is C12H25NO3S. The van der Waals surface area contributed by atoms with E-state index in [1.807, 2.05) is 20.8 Å². The predicted molar refractivity (Wildman–Crippen MR) is 72.3 cm³/mol. The summed E-state index contributed by atoms with van der Waals surface area (Å²) in [5.41, 5.74) is -0.598. The zero-order valence-electron chi connectivity index (χ0n) is 11.3. The van der Waals surface area contributed by atoms with Crippen molar-refractivity contribution >= 4 is 17.7 Å². The van der Waals surface area contributed by atoms with Gasteiger partial charge in [-0.05, 0) is 37.3 Å². The Morgan fingerprint density at radius 3 is 2.71 bits per heavy atom. The Balaban J connectivity index is 4.05. The normalized spacial score (nSPS) is 16.3. The van der Waals surface area contributed by atoms with E-state index in [4.69, 9.17) is 9.84 Å². The van der Waals surface area contributed by atoms with E-state index in [9.17, 15) is 4.79 Å². The SMILES string of the molecule is CCNC(C)(CCSCC(C)CO)C(=O)OC. The summed E-state index contributed by atoms with van der Waals surface area (Å²) in [5, 5.41) is 12.1. The molecule has 2 atom stereocenters. The third-order valence-electron chi connectivity index (χ3n) is 2.66. The zero-order chi connectivity index (χ0) is 13.3. The average Bonchev–Trinajstić information content (AvgIpc) is 2.33. The third-order valence-corrected chi connectivity index (χ3v) is 3.96. The number of carbonyl (C=O) groups is 1. The van der Waals surface area contributed by atoms with E-state index in [0.29, 0.717) is 5.92 Å². The Morgan fingerprint density at radius 1 is 1.59 bits per heavy atom. The summed E-state index contributed by atoms with van der Waals surface area (Å²) >= 11 is 1.76. The van der Waals surface area contributed by atoms with E-state index in [-0.39, 0.29) is 12.6 Å². The average molecular weight is 263 g/mol. The molecule has 0 radical (unpaired) electrons. The lowest BCUT2D eigenvalue weighted by Crippen LogP contribution is -2.50. The molecule has 0 fully saturated rings. The molecule has 0 amide bonds. The Labute approximate surface area is 108 Å². The quantitative estimate of drug-likeness (QED) is 0.485. The van der Waals surface area contributed by atoms with Gasteiger partial charge in [0.05, 0.1) is 7.11 Å². The van der Waals surface area contributed by atoms with E-state index in [1.54, 1.807) is 11.8 Å². The van der Waals surface area contributed by atoms with Gasteiger partial charge >= 0.3 is 5.97 Å². The van der Waals surface area contributed by atoms with Crippen molar-refractivity contribution < 1.29 is 14.6 Å². The fraction of sp³-hybridized carbons (Fsp3) is 0.917. The molecule has 0 aliphatic rings. The van der Waals surface area contributed by atoms with Crippen molar-refractivity contribution in [2.24, 2.45) is 5.92 Å². The molecule has 2 unspecified atom stereocenters. The molecule has 0 aromatic heterocycles. The molecule has 0 aliphatic heterocycles. The molecule has 0 saturated carbocycles. The van der Waals surface area contributed by atoms with Crippen LogP contribution in [-0.2, 0) is 9.53 Å². The number of aliphatic hydroxyl groups is 1. The fourth-order valence-corrected chi connectivity index (χ4v) is 2.72. The van der Waals surface area contributed by atoms with Crippen LogP contribution in [-0.4, -0.2) is 48.4 Å². The molecule has 0 aromatic rings. The summed E-state index contributed by atoms with van der Waals surface area (Å²) in [6.07, 6.45) is 0.732. The van der Waals surface area contributed by atoms with Gasteiger partial charge in [-0.3, -0.25) is 4.79 Å². The maximum Gasteiger partial charge on any atom is 0.325 e. The van der Waals surface area contributed by atoms with Crippen LogP contribution in [0.3, 0.4) is 0 Å². The summed E-state index contributed by atoms with van der Waals surface area (Å²) < 4.78 is 4.82. The summed E-state index contributed by atoms with van der Waals surface area (Å²) in [4.78, 5) is 11.7. The largest absolute Gasteiger partial charge is 0.468 e.